The lowest BCUT2D eigenvalue weighted by Crippen LogP contribution is -2.50. The summed E-state index contributed by atoms with van der Waals surface area (Å²) in [5.74, 6) is 0.0731. The van der Waals surface area contributed by atoms with Crippen LogP contribution in [0.5, 0.6) is 0 Å². The molecule has 2 amide bonds. The normalized spacial score (nSPS) is 12.7. The molecule has 1 N–H and O–H groups in total. The van der Waals surface area contributed by atoms with Crippen LogP contribution in [0.25, 0.3) is 11.3 Å². The molecule has 30 heavy (non-hydrogen) atoms. The van der Waals surface area contributed by atoms with E-state index in [0.29, 0.717) is 11.4 Å². The predicted octanol–water partition coefficient (Wildman–Crippen LogP) is 5.03. The van der Waals surface area contributed by atoms with Gasteiger partial charge < -0.3 is 19.5 Å². The summed E-state index contributed by atoms with van der Waals surface area (Å²) in [6, 6.07) is 8.49. The summed E-state index contributed by atoms with van der Waals surface area (Å²) in [6.07, 6.45) is 0.982. The molecule has 1 aromatic carbocycles. The van der Waals surface area contributed by atoms with E-state index in [-0.39, 0.29) is 12.5 Å². The Kier molecular flexibility index (Phi) is 8.15. The molecule has 7 nitrogen and oxygen atoms in total. The summed E-state index contributed by atoms with van der Waals surface area (Å²) in [6.45, 7) is 9.39. The Bertz CT molecular complexity index is 848. The van der Waals surface area contributed by atoms with Gasteiger partial charge in [-0.2, -0.15) is 0 Å². The lowest BCUT2D eigenvalue weighted by molar-refractivity contribution is -0.117. The number of rotatable bonds is 7. The number of nitrogens with one attached hydrogen (secondary N) is 1. The molecule has 0 unspecified atom stereocenters. The minimum Gasteiger partial charge on any atom is -0.444 e. The third-order valence-electron chi connectivity index (χ3n) is 4.22. The van der Waals surface area contributed by atoms with Gasteiger partial charge in [0.1, 0.15) is 5.60 Å². The van der Waals surface area contributed by atoms with Crippen LogP contribution in [0, 0.1) is 5.92 Å². The molecule has 1 heterocycles. The van der Waals surface area contributed by atoms with Gasteiger partial charge in [0, 0.05) is 23.9 Å². The molecule has 1 atom stereocenters. The van der Waals surface area contributed by atoms with Gasteiger partial charge in [0.15, 0.2) is 10.6 Å². The number of amides is 2. The van der Waals surface area contributed by atoms with Crippen molar-refractivity contribution in [1.82, 2.24) is 10.5 Å². The fourth-order valence-electron chi connectivity index (χ4n) is 2.71. The first-order valence-electron chi connectivity index (χ1n) is 9.58. The van der Waals surface area contributed by atoms with E-state index in [0.717, 1.165) is 5.56 Å². The number of hydrogen-bond acceptors (Lipinski definition) is 5. The number of ether oxygens (including phenoxy) is 1. The fourth-order valence-corrected chi connectivity index (χ4v) is 2.95. The molecule has 0 aliphatic carbocycles. The number of halogens is 2. The molecule has 2 rings (SSSR count). The maximum Gasteiger partial charge on any atom is 0.407 e. The largest absolute Gasteiger partial charge is 0.444 e. The molecule has 2 aromatic rings. The van der Waals surface area contributed by atoms with Crippen molar-refractivity contribution < 1.29 is 18.8 Å². The van der Waals surface area contributed by atoms with E-state index in [2.05, 4.69) is 10.5 Å². The second-order valence-corrected chi connectivity index (χ2v) is 9.27. The van der Waals surface area contributed by atoms with Crippen LogP contribution in [-0.4, -0.2) is 40.2 Å². The van der Waals surface area contributed by atoms with Crippen molar-refractivity contribution in [2.24, 2.45) is 5.92 Å². The van der Waals surface area contributed by atoms with E-state index in [1.165, 1.54) is 11.1 Å². The van der Waals surface area contributed by atoms with Gasteiger partial charge >= 0.3 is 6.09 Å². The van der Waals surface area contributed by atoms with Gasteiger partial charge in [-0.3, -0.25) is 4.79 Å². The summed E-state index contributed by atoms with van der Waals surface area (Å²) < 4.78 is 10.6. The maximum atomic E-state index is 12.8. The van der Waals surface area contributed by atoms with Crippen LogP contribution in [0.15, 0.2) is 41.1 Å². The summed E-state index contributed by atoms with van der Waals surface area (Å²) >= 11 is 11.8. The van der Waals surface area contributed by atoms with Gasteiger partial charge in [-0.05, 0) is 38.8 Å². The van der Waals surface area contributed by atoms with Gasteiger partial charge in [0.05, 0.1) is 12.2 Å². The Hall–Kier alpha value is -2.25. The number of nitrogens with zero attached hydrogens (tertiary/aromatic N) is 2. The molecule has 0 radical (unpaired) electrons. The summed E-state index contributed by atoms with van der Waals surface area (Å²) in [5.41, 5.74) is 0.672. The summed E-state index contributed by atoms with van der Waals surface area (Å²) in [4.78, 5) is 25.3. The molecule has 0 saturated heterocycles. The maximum absolute atomic E-state index is 12.8. The van der Waals surface area contributed by atoms with Gasteiger partial charge in [-0.25, -0.2) is 4.79 Å². The Morgan fingerprint density at radius 3 is 2.47 bits per heavy atom. The van der Waals surface area contributed by atoms with Gasteiger partial charge in [0.25, 0.3) is 5.91 Å². The van der Waals surface area contributed by atoms with Crippen LogP contribution in [0.1, 0.15) is 34.6 Å². The number of aromatic nitrogens is 1. The van der Waals surface area contributed by atoms with E-state index >= 15 is 0 Å². The Balaban J connectivity index is 2.31. The van der Waals surface area contributed by atoms with Crippen LogP contribution in [0.3, 0.4) is 0 Å². The highest BCUT2D eigenvalue weighted by Crippen LogP contribution is 2.26. The zero-order valence-corrected chi connectivity index (χ0v) is 19.2. The monoisotopic (exact) mass is 455 g/mol. The smallest absolute Gasteiger partial charge is 0.407 e. The first kappa shape index (κ1) is 24.0. The van der Waals surface area contributed by atoms with E-state index in [9.17, 15) is 9.59 Å². The molecule has 0 aliphatic heterocycles. The number of alkyl carbamates (subject to hydrolysis) is 1. The minimum atomic E-state index is -1.26. The average molecular weight is 456 g/mol. The minimum absolute atomic E-state index is 0.00868. The zero-order valence-electron chi connectivity index (χ0n) is 17.7. The van der Waals surface area contributed by atoms with E-state index in [1.807, 2.05) is 19.9 Å². The standard InChI is InChI=1S/C21H27Cl2N3O4/c1-13(2)16(25-20(28)29-21(3,4)5)12-26(19(27)18(22)23)15-8-6-7-14(11-15)17-9-10-24-30-17/h6-11,13,16,18H,12H2,1-5H3,(H,25,28)/t16-/m1/s1. The first-order valence-corrected chi connectivity index (χ1v) is 10.5. The van der Waals surface area contributed by atoms with Crippen LogP contribution >= 0.6 is 23.2 Å². The Morgan fingerprint density at radius 1 is 1.23 bits per heavy atom. The highest BCUT2D eigenvalue weighted by molar-refractivity contribution is 6.54. The highest BCUT2D eigenvalue weighted by atomic mass is 35.5. The Morgan fingerprint density at radius 2 is 1.93 bits per heavy atom. The molecule has 0 aliphatic rings. The second kappa shape index (κ2) is 10.2. The quantitative estimate of drug-likeness (QED) is 0.591. The number of alkyl halides is 2. The number of anilines is 1. The highest BCUT2D eigenvalue weighted by Gasteiger charge is 2.29. The molecule has 0 spiro atoms. The molecule has 1 aromatic heterocycles. The van der Waals surface area contributed by atoms with Crippen molar-refractivity contribution in [3.05, 3.63) is 36.5 Å². The third kappa shape index (κ3) is 6.92. The second-order valence-electron chi connectivity index (χ2n) is 8.17. The van der Waals surface area contributed by atoms with E-state index < -0.39 is 28.5 Å². The van der Waals surface area contributed by atoms with Crippen molar-refractivity contribution in [3.63, 3.8) is 0 Å². The van der Waals surface area contributed by atoms with Crippen molar-refractivity contribution in [3.8, 4) is 11.3 Å². The number of carbonyl (C=O) groups is 2. The predicted molar refractivity (Wildman–Crippen MR) is 118 cm³/mol. The van der Waals surface area contributed by atoms with Crippen LogP contribution in [0.4, 0.5) is 10.5 Å². The van der Waals surface area contributed by atoms with Gasteiger partial charge in [0.2, 0.25) is 0 Å². The lowest BCUT2D eigenvalue weighted by atomic mass is 10.0. The van der Waals surface area contributed by atoms with E-state index in [4.69, 9.17) is 32.5 Å². The topological polar surface area (TPSA) is 84.7 Å². The molecule has 0 saturated carbocycles. The van der Waals surface area contributed by atoms with Gasteiger partial charge in [-0.1, -0.05) is 54.3 Å². The molecule has 9 heteroatoms. The summed E-state index contributed by atoms with van der Waals surface area (Å²) in [7, 11) is 0. The molecule has 164 valence electrons. The first-order chi connectivity index (χ1) is 14.0. The molecule has 0 bridgehead atoms. The van der Waals surface area contributed by atoms with Crippen molar-refractivity contribution in [2.45, 2.75) is 51.1 Å². The van der Waals surface area contributed by atoms with Crippen molar-refractivity contribution in [2.75, 3.05) is 11.4 Å². The zero-order chi connectivity index (χ0) is 22.5. The SMILES string of the molecule is CC(C)[C@@H](CN(C(=O)C(Cl)Cl)c1cccc(-c2ccno2)c1)NC(=O)OC(C)(C)C. The number of carbonyl (C=O) groups excluding carboxylic acids is 2. The third-order valence-corrected chi connectivity index (χ3v) is 4.59. The van der Waals surface area contributed by atoms with Gasteiger partial charge in [-0.15, -0.1) is 0 Å². The molecular formula is C21H27Cl2N3O4. The Labute approximate surface area is 186 Å². The van der Waals surface area contributed by atoms with Crippen molar-refractivity contribution >= 4 is 40.9 Å². The molecular weight excluding hydrogens is 429 g/mol. The van der Waals surface area contributed by atoms with Crippen LogP contribution in [-0.2, 0) is 9.53 Å². The van der Waals surface area contributed by atoms with E-state index in [1.54, 1.807) is 45.0 Å². The molecule has 0 fully saturated rings. The van der Waals surface area contributed by atoms with Crippen molar-refractivity contribution in [1.29, 1.82) is 0 Å². The fraction of sp³-hybridized carbons (Fsp3) is 0.476. The van der Waals surface area contributed by atoms with Crippen LogP contribution in [0.2, 0.25) is 0 Å². The average Bonchev–Trinajstić information content (AvgIpc) is 3.17. The summed E-state index contributed by atoms with van der Waals surface area (Å²) in [5, 5.41) is 6.55. The number of hydrogen-bond donors (Lipinski definition) is 1. The lowest BCUT2D eigenvalue weighted by Gasteiger charge is -2.31. The van der Waals surface area contributed by atoms with Crippen LogP contribution < -0.4 is 10.2 Å². The number of benzene rings is 1.